The number of fused-ring (bicyclic) bond motifs is 3. The lowest BCUT2D eigenvalue weighted by Gasteiger charge is -2.20. The Morgan fingerprint density at radius 3 is 2.81 bits per heavy atom. The molecule has 2 atom stereocenters. The van der Waals surface area contributed by atoms with E-state index in [0.717, 1.165) is 16.9 Å². The molecule has 2 unspecified atom stereocenters. The molecule has 2 heterocycles. The fraction of sp³-hybridized carbons (Fsp3) is 0.273. The summed E-state index contributed by atoms with van der Waals surface area (Å²) in [6, 6.07) is 10.1. The van der Waals surface area contributed by atoms with Gasteiger partial charge in [-0.15, -0.1) is 0 Å². The average Bonchev–Trinajstić information content (AvgIpc) is 2.99. The molecule has 27 heavy (non-hydrogen) atoms. The van der Waals surface area contributed by atoms with Gasteiger partial charge in [-0.3, -0.25) is 5.32 Å². The van der Waals surface area contributed by atoms with Crippen molar-refractivity contribution in [2.75, 3.05) is 10.6 Å². The van der Waals surface area contributed by atoms with Crippen LogP contribution in [0, 0.1) is 0 Å². The van der Waals surface area contributed by atoms with Crippen LogP contribution < -0.4 is 10.6 Å². The summed E-state index contributed by atoms with van der Waals surface area (Å²) in [5, 5.41) is 6.30. The highest BCUT2D eigenvalue weighted by Gasteiger charge is 2.33. The second-order valence-electron chi connectivity index (χ2n) is 7.79. The van der Waals surface area contributed by atoms with Crippen molar-refractivity contribution in [2.45, 2.75) is 38.3 Å². The first-order valence-electron chi connectivity index (χ1n) is 9.11. The molecule has 1 aromatic heterocycles. The molecule has 0 spiro atoms. The molecule has 0 radical (unpaired) electrons. The summed E-state index contributed by atoms with van der Waals surface area (Å²) in [4.78, 5) is 16.6. The summed E-state index contributed by atoms with van der Waals surface area (Å²) in [6.07, 6.45) is 9.87. The highest BCUT2D eigenvalue weighted by Crippen LogP contribution is 2.43. The summed E-state index contributed by atoms with van der Waals surface area (Å²) in [5.41, 5.74) is 3.52. The maximum absolute atomic E-state index is 12.1. The van der Waals surface area contributed by atoms with Crippen LogP contribution in [0.25, 0.3) is 11.1 Å². The Balaban J connectivity index is 1.65. The number of hydrogen-bond donors (Lipinski definition) is 2. The summed E-state index contributed by atoms with van der Waals surface area (Å²) >= 11 is 0. The van der Waals surface area contributed by atoms with Crippen molar-refractivity contribution in [1.82, 2.24) is 4.98 Å². The van der Waals surface area contributed by atoms with E-state index in [1.165, 1.54) is 5.56 Å². The zero-order valence-electron chi connectivity index (χ0n) is 15.7. The molecule has 0 saturated carbocycles. The lowest BCUT2D eigenvalue weighted by molar-refractivity contribution is 0.0636. The zero-order valence-corrected chi connectivity index (χ0v) is 15.7. The minimum absolute atomic E-state index is 0.238. The smallest absolute Gasteiger partial charge is 0.412 e. The quantitative estimate of drug-likeness (QED) is 0.781. The van der Waals surface area contributed by atoms with Crippen LogP contribution >= 0.6 is 0 Å². The van der Waals surface area contributed by atoms with E-state index in [4.69, 9.17) is 4.74 Å². The third-order valence-corrected chi connectivity index (χ3v) is 4.58. The number of anilines is 2. The minimum Gasteiger partial charge on any atom is -0.444 e. The van der Waals surface area contributed by atoms with Gasteiger partial charge in [0, 0.05) is 23.4 Å². The van der Waals surface area contributed by atoms with Crippen LogP contribution in [-0.4, -0.2) is 22.7 Å². The predicted molar refractivity (Wildman–Crippen MR) is 108 cm³/mol. The fourth-order valence-corrected chi connectivity index (χ4v) is 3.54. The number of aromatic nitrogens is 1. The normalized spacial score (nSPS) is 19.8. The fourth-order valence-electron chi connectivity index (χ4n) is 3.54. The van der Waals surface area contributed by atoms with Crippen molar-refractivity contribution in [3.63, 3.8) is 0 Å². The van der Waals surface area contributed by atoms with Crippen molar-refractivity contribution in [1.29, 1.82) is 0 Å². The van der Waals surface area contributed by atoms with Crippen molar-refractivity contribution < 1.29 is 9.53 Å². The number of pyridine rings is 1. The number of carbonyl (C=O) groups is 1. The number of ether oxygens (including phenoxy) is 1. The van der Waals surface area contributed by atoms with E-state index in [1.54, 1.807) is 0 Å². The molecule has 1 aliphatic carbocycles. The second kappa shape index (κ2) is 6.58. The van der Waals surface area contributed by atoms with Gasteiger partial charge < -0.3 is 10.1 Å². The van der Waals surface area contributed by atoms with Gasteiger partial charge in [-0.1, -0.05) is 36.4 Å². The second-order valence-corrected chi connectivity index (χ2v) is 7.79. The van der Waals surface area contributed by atoms with E-state index >= 15 is 0 Å². The third-order valence-electron chi connectivity index (χ3n) is 4.58. The van der Waals surface area contributed by atoms with Crippen LogP contribution in [0.3, 0.4) is 0 Å². The number of benzene rings is 1. The van der Waals surface area contributed by atoms with Crippen LogP contribution in [-0.2, 0) is 4.74 Å². The Hall–Kier alpha value is -3.08. The number of nitrogens with zero attached hydrogens (tertiary/aromatic N) is 1. The maximum Gasteiger partial charge on any atom is 0.412 e. The number of rotatable bonds is 2. The summed E-state index contributed by atoms with van der Waals surface area (Å²) < 4.78 is 5.35. The lowest BCUT2D eigenvalue weighted by Crippen LogP contribution is -2.27. The molecule has 138 valence electrons. The van der Waals surface area contributed by atoms with Crippen molar-refractivity contribution in [3.05, 3.63) is 66.4 Å². The van der Waals surface area contributed by atoms with Crippen molar-refractivity contribution >= 4 is 17.6 Å². The van der Waals surface area contributed by atoms with E-state index < -0.39 is 11.7 Å². The number of allylic oxidation sites excluding steroid dienone is 2. The van der Waals surface area contributed by atoms with Crippen LogP contribution in [0.2, 0.25) is 0 Å². The molecule has 0 bridgehead atoms. The van der Waals surface area contributed by atoms with Gasteiger partial charge in [-0.05, 0) is 50.1 Å². The van der Waals surface area contributed by atoms with Crippen LogP contribution in [0.15, 0.2) is 60.8 Å². The first-order chi connectivity index (χ1) is 12.9. The molecule has 2 aliphatic rings. The molecule has 0 fully saturated rings. The van der Waals surface area contributed by atoms with Gasteiger partial charge in [0.1, 0.15) is 11.4 Å². The Labute approximate surface area is 159 Å². The average molecular weight is 361 g/mol. The lowest BCUT2D eigenvalue weighted by atomic mass is 9.87. The van der Waals surface area contributed by atoms with Gasteiger partial charge in [0.25, 0.3) is 0 Å². The molecule has 2 N–H and O–H groups in total. The molecule has 4 rings (SSSR count). The van der Waals surface area contributed by atoms with Gasteiger partial charge in [-0.25, -0.2) is 9.78 Å². The number of nitrogens with one attached hydrogen (secondary N) is 2. The molecular weight excluding hydrogens is 338 g/mol. The maximum atomic E-state index is 12.1. The Morgan fingerprint density at radius 1 is 1.19 bits per heavy atom. The van der Waals surface area contributed by atoms with E-state index in [0.29, 0.717) is 5.69 Å². The molecule has 0 saturated heterocycles. The van der Waals surface area contributed by atoms with Gasteiger partial charge >= 0.3 is 6.09 Å². The van der Waals surface area contributed by atoms with E-state index in [9.17, 15) is 4.79 Å². The molecule has 5 nitrogen and oxygen atoms in total. The Morgan fingerprint density at radius 2 is 2.00 bits per heavy atom. The van der Waals surface area contributed by atoms with Crippen molar-refractivity contribution in [3.8, 4) is 11.1 Å². The SMILES string of the molecule is CC(C)(C)OC(=O)Nc1cccc(-c2ccnc3c2C2C=CC=CC2N3)c1. The Bertz CT molecular complexity index is 941. The summed E-state index contributed by atoms with van der Waals surface area (Å²) in [5.74, 6) is 1.18. The monoisotopic (exact) mass is 361 g/mol. The van der Waals surface area contributed by atoms with Crippen LogP contribution in [0.4, 0.5) is 16.3 Å². The molecule has 1 amide bonds. The minimum atomic E-state index is -0.533. The van der Waals surface area contributed by atoms with E-state index in [1.807, 2.05) is 57.3 Å². The summed E-state index contributed by atoms with van der Waals surface area (Å²) in [7, 11) is 0. The van der Waals surface area contributed by atoms with E-state index in [-0.39, 0.29) is 12.0 Å². The molecule has 2 aromatic rings. The third kappa shape index (κ3) is 3.58. The molecule has 5 heteroatoms. The first-order valence-corrected chi connectivity index (χ1v) is 9.11. The largest absolute Gasteiger partial charge is 0.444 e. The molecule has 1 aliphatic heterocycles. The van der Waals surface area contributed by atoms with Crippen molar-refractivity contribution in [2.24, 2.45) is 0 Å². The predicted octanol–water partition coefficient (Wildman–Crippen LogP) is 5.10. The molecule has 1 aromatic carbocycles. The highest BCUT2D eigenvalue weighted by atomic mass is 16.6. The number of amides is 1. The first kappa shape index (κ1) is 17.3. The zero-order chi connectivity index (χ0) is 19.0. The number of hydrogen-bond acceptors (Lipinski definition) is 4. The van der Waals surface area contributed by atoms with Crippen LogP contribution in [0.1, 0.15) is 32.3 Å². The van der Waals surface area contributed by atoms with Crippen LogP contribution in [0.5, 0.6) is 0 Å². The van der Waals surface area contributed by atoms with Gasteiger partial charge in [0.2, 0.25) is 0 Å². The van der Waals surface area contributed by atoms with Gasteiger partial charge in [0.15, 0.2) is 0 Å². The highest BCUT2D eigenvalue weighted by molar-refractivity contribution is 5.87. The molecular formula is C22H23N3O2. The number of carbonyl (C=O) groups excluding carboxylic acids is 1. The summed E-state index contributed by atoms with van der Waals surface area (Å²) in [6.45, 7) is 5.54. The standard InChI is InChI=1S/C22H23N3O2/c1-22(2,3)27-21(26)24-15-8-6-7-14(13-15)16-11-12-23-20-19(16)17-9-4-5-10-18(17)25-20/h4-13,17-18H,1-3H3,(H,23,25)(H,24,26). The van der Waals surface area contributed by atoms with E-state index in [2.05, 4.69) is 39.9 Å². The van der Waals surface area contributed by atoms with Gasteiger partial charge in [-0.2, -0.15) is 0 Å². The Kier molecular flexibility index (Phi) is 4.22. The van der Waals surface area contributed by atoms with Gasteiger partial charge in [0.05, 0.1) is 6.04 Å². The topological polar surface area (TPSA) is 63.2 Å².